The molecule has 144 valence electrons. The zero-order chi connectivity index (χ0) is 19.6. The summed E-state index contributed by atoms with van der Waals surface area (Å²) in [6.07, 6.45) is 5.38. The number of para-hydroxylation sites is 1. The Morgan fingerprint density at radius 2 is 1.82 bits per heavy atom. The van der Waals surface area contributed by atoms with Gasteiger partial charge in [-0.3, -0.25) is 14.3 Å². The normalized spacial score (nSPS) is 15.6. The van der Waals surface area contributed by atoms with Crippen molar-refractivity contribution in [3.05, 3.63) is 76.3 Å². The number of benzene rings is 2. The van der Waals surface area contributed by atoms with E-state index in [1.807, 2.05) is 12.1 Å². The Hall–Kier alpha value is -3.02. The summed E-state index contributed by atoms with van der Waals surface area (Å²) >= 11 is 0. The first-order valence-corrected chi connectivity index (χ1v) is 9.56. The average molecular weight is 379 g/mol. The lowest BCUT2D eigenvalue weighted by Gasteiger charge is -2.31. The highest BCUT2D eigenvalue weighted by atomic mass is 19.1. The molecule has 0 unspecified atom stereocenters. The Bertz CT molecular complexity index is 1070. The zero-order valence-electron chi connectivity index (χ0n) is 15.5. The van der Waals surface area contributed by atoms with Crippen LogP contribution < -0.4 is 10.7 Å². The van der Waals surface area contributed by atoms with E-state index in [9.17, 15) is 14.0 Å². The summed E-state index contributed by atoms with van der Waals surface area (Å²) in [6.45, 7) is 0.0137. The van der Waals surface area contributed by atoms with E-state index in [1.54, 1.807) is 30.3 Å². The molecule has 28 heavy (non-hydrogen) atoms. The van der Waals surface area contributed by atoms with Crippen LogP contribution in [-0.4, -0.2) is 21.2 Å². The molecule has 4 rings (SSSR count). The molecule has 2 aromatic carbocycles. The van der Waals surface area contributed by atoms with Crippen LogP contribution in [0.4, 0.5) is 4.39 Å². The van der Waals surface area contributed by atoms with Crippen LogP contribution in [0.2, 0.25) is 0 Å². The standard InChI is InChI=1S/C22H22FN3O2/c23-18-9-3-1-7-16(18)13-22(11-5-6-12-22)25-21(28)15-26-19-10-4-2-8-17(19)20(27)14-24-26/h1-4,7-10,14H,5-6,11-13,15H2,(H,25,28). The average Bonchev–Trinajstić information content (AvgIpc) is 3.14. The number of halogens is 1. The molecular formula is C22H22FN3O2. The van der Waals surface area contributed by atoms with Gasteiger partial charge in [-0.2, -0.15) is 5.10 Å². The molecule has 1 saturated carbocycles. The van der Waals surface area contributed by atoms with Gasteiger partial charge in [0.2, 0.25) is 11.3 Å². The molecule has 1 aliphatic rings. The third-order valence-corrected chi connectivity index (χ3v) is 5.51. The van der Waals surface area contributed by atoms with Gasteiger partial charge in [-0.05, 0) is 43.0 Å². The van der Waals surface area contributed by atoms with Crippen LogP contribution in [0.15, 0.2) is 59.5 Å². The molecule has 0 bridgehead atoms. The molecule has 3 aromatic rings. The van der Waals surface area contributed by atoms with Crippen LogP contribution in [-0.2, 0) is 17.8 Å². The van der Waals surface area contributed by atoms with E-state index in [-0.39, 0.29) is 23.7 Å². The van der Waals surface area contributed by atoms with E-state index in [2.05, 4.69) is 10.4 Å². The number of aromatic nitrogens is 2. The van der Waals surface area contributed by atoms with Gasteiger partial charge in [-0.15, -0.1) is 0 Å². The lowest BCUT2D eigenvalue weighted by Crippen LogP contribution is -2.49. The summed E-state index contributed by atoms with van der Waals surface area (Å²) < 4.78 is 15.7. The number of fused-ring (bicyclic) bond motifs is 1. The molecule has 0 radical (unpaired) electrons. The maximum Gasteiger partial charge on any atom is 0.242 e. The number of nitrogens with zero attached hydrogens (tertiary/aromatic N) is 2. The summed E-state index contributed by atoms with van der Waals surface area (Å²) in [5.74, 6) is -0.421. The number of carbonyl (C=O) groups is 1. The Morgan fingerprint density at radius 3 is 2.61 bits per heavy atom. The molecular weight excluding hydrogens is 357 g/mol. The van der Waals surface area contributed by atoms with Crippen molar-refractivity contribution >= 4 is 16.8 Å². The summed E-state index contributed by atoms with van der Waals surface area (Å²) in [7, 11) is 0. The highest BCUT2D eigenvalue weighted by Crippen LogP contribution is 2.33. The van der Waals surface area contributed by atoms with Gasteiger partial charge in [0.25, 0.3) is 0 Å². The highest BCUT2D eigenvalue weighted by molar-refractivity contribution is 5.81. The molecule has 0 saturated heterocycles. The summed E-state index contributed by atoms with van der Waals surface area (Å²) in [6, 6.07) is 13.8. The molecule has 0 spiro atoms. The third kappa shape index (κ3) is 3.67. The van der Waals surface area contributed by atoms with E-state index in [1.165, 1.54) is 16.9 Å². The van der Waals surface area contributed by atoms with E-state index < -0.39 is 5.54 Å². The summed E-state index contributed by atoms with van der Waals surface area (Å²) in [4.78, 5) is 24.8. The third-order valence-electron chi connectivity index (χ3n) is 5.51. The topological polar surface area (TPSA) is 64.0 Å². The predicted molar refractivity (Wildman–Crippen MR) is 105 cm³/mol. The quantitative estimate of drug-likeness (QED) is 0.740. The van der Waals surface area contributed by atoms with Gasteiger partial charge in [0, 0.05) is 10.9 Å². The van der Waals surface area contributed by atoms with Crippen molar-refractivity contribution in [2.45, 2.75) is 44.2 Å². The number of hydrogen-bond acceptors (Lipinski definition) is 3. The van der Waals surface area contributed by atoms with Crippen molar-refractivity contribution in [3.8, 4) is 0 Å². The predicted octanol–water partition coefficient (Wildman–Crippen LogP) is 3.21. The molecule has 6 heteroatoms. The highest BCUT2D eigenvalue weighted by Gasteiger charge is 2.36. The Balaban J connectivity index is 1.56. The minimum Gasteiger partial charge on any atom is -0.349 e. The fourth-order valence-electron chi connectivity index (χ4n) is 4.16. The molecule has 1 aliphatic carbocycles. The maximum atomic E-state index is 14.2. The van der Waals surface area contributed by atoms with E-state index in [4.69, 9.17) is 0 Å². The first-order chi connectivity index (χ1) is 13.6. The Labute approximate surface area is 162 Å². The van der Waals surface area contributed by atoms with Gasteiger partial charge in [-0.1, -0.05) is 43.2 Å². The van der Waals surface area contributed by atoms with Crippen molar-refractivity contribution in [1.29, 1.82) is 0 Å². The van der Waals surface area contributed by atoms with Crippen molar-refractivity contribution in [2.75, 3.05) is 0 Å². The first-order valence-electron chi connectivity index (χ1n) is 9.56. The minimum atomic E-state index is -0.436. The number of rotatable bonds is 5. The zero-order valence-corrected chi connectivity index (χ0v) is 15.5. The van der Waals surface area contributed by atoms with E-state index in [0.717, 1.165) is 25.7 Å². The van der Waals surface area contributed by atoms with Gasteiger partial charge in [0.15, 0.2) is 0 Å². The minimum absolute atomic E-state index is 0.0137. The van der Waals surface area contributed by atoms with Crippen molar-refractivity contribution in [2.24, 2.45) is 0 Å². The first kappa shape index (κ1) is 18.3. The summed E-state index contributed by atoms with van der Waals surface area (Å²) in [5.41, 5.74) is 0.643. The van der Waals surface area contributed by atoms with Gasteiger partial charge >= 0.3 is 0 Å². The second-order valence-electron chi connectivity index (χ2n) is 7.49. The molecule has 5 nitrogen and oxygen atoms in total. The van der Waals surface area contributed by atoms with Gasteiger partial charge in [-0.25, -0.2) is 4.39 Å². The monoisotopic (exact) mass is 379 g/mol. The molecule has 1 aromatic heterocycles. The van der Waals surface area contributed by atoms with Crippen LogP contribution in [0.5, 0.6) is 0 Å². The largest absolute Gasteiger partial charge is 0.349 e. The number of carbonyl (C=O) groups excluding carboxylic acids is 1. The molecule has 1 amide bonds. The summed E-state index contributed by atoms with van der Waals surface area (Å²) in [5, 5.41) is 7.81. The van der Waals surface area contributed by atoms with E-state index in [0.29, 0.717) is 22.9 Å². The fourth-order valence-corrected chi connectivity index (χ4v) is 4.16. The molecule has 0 atom stereocenters. The van der Waals surface area contributed by atoms with Gasteiger partial charge in [0.1, 0.15) is 12.4 Å². The SMILES string of the molecule is O=C(Cn1ncc(=O)c2ccccc21)NC1(Cc2ccccc2F)CCCC1. The van der Waals surface area contributed by atoms with Crippen LogP contribution in [0.1, 0.15) is 31.2 Å². The lowest BCUT2D eigenvalue weighted by atomic mass is 9.88. The van der Waals surface area contributed by atoms with E-state index >= 15 is 0 Å². The number of nitrogens with one attached hydrogen (secondary N) is 1. The Morgan fingerprint density at radius 1 is 1.11 bits per heavy atom. The number of amides is 1. The maximum absolute atomic E-state index is 14.2. The second-order valence-corrected chi connectivity index (χ2v) is 7.49. The second kappa shape index (κ2) is 7.54. The van der Waals surface area contributed by atoms with Crippen LogP contribution in [0, 0.1) is 5.82 Å². The van der Waals surface area contributed by atoms with Crippen molar-refractivity contribution < 1.29 is 9.18 Å². The number of hydrogen-bond donors (Lipinski definition) is 1. The van der Waals surface area contributed by atoms with Crippen LogP contribution in [0.25, 0.3) is 10.9 Å². The molecule has 1 N–H and O–H groups in total. The van der Waals surface area contributed by atoms with Crippen molar-refractivity contribution in [1.82, 2.24) is 15.1 Å². The smallest absolute Gasteiger partial charge is 0.242 e. The van der Waals surface area contributed by atoms with Gasteiger partial charge in [0.05, 0.1) is 11.7 Å². The lowest BCUT2D eigenvalue weighted by molar-refractivity contribution is -0.123. The molecule has 1 fully saturated rings. The molecule has 0 aliphatic heterocycles. The van der Waals surface area contributed by atoms with Crippen LogP contribution in [0.3, 0.4) is 0 Å². The van der Waals surface area contributed by atoms with Crippen molar-refractivity contribution in [3.63, 3.8) is 0 Å². The van der Waals surface area contributed by atoms with Gasteiger partial charge < -0.3 is 5.32 Å². The van der Waals surface area contributed by atoms with Crippen LogP contribution >= 0.6 is 0 Å². The Kier molecular flexibility index (Phi) is 4.94. The molecule has 1 heterocycles. The fraction of sp³-hybridized carbons (Fsp3) is 0.318.